The molecule has 1 fully saturated rings. The summed E-state index contributed by atoms with van der Waals surface area (Å²) in [5, 5.41) is 11.2. The number of benzene rings is 2. The zero-order chi connectivity index (χ0) is 22.7. The Kier molecular flexibility index (Phi) is 6.54. The molecule has 0 radical (unpaired) electrons. The van der Waals surface area contributed by atoms with Gasteiger partial charge in [-0.3, -0.25) is 4.90 Å². The lowest BCUT2D eigenvalue weighted by Gasteiger charge is -2.32. The van der Waals surface area contributed by atoms with E-state index in [0.29, 0.717) is 17.2 Å². The van der Waals surface area contributed by atoms with E-state index in [9.17, 15) is 5.26 Å². The first-order chi connectivity index (χ1) is 15.6. The highest BCUT2D eigenvalue weighted by molar-refractivity contribution is 6.01. The molecule has 0 saturated carbocycles. The third-order valence-corrected chi connectivity index (χ3v) is 6.29. The molecule has 0 atom stereocenters. The van der Waals surface area contributed by atoms with E-state index in [1.54, 1.807) is 21.3 Å². The SMILES string of the molecule is COc1ccc(-c2c(C#N)n(CCN3CCN(C)CC3)c3cc(OC)c(OC)cc23)cc1. The van der Waals surface area contributed by atoms with Gasteiger partial charge in [0.15, 0.2) is 11.5 Å². The van der Waals surface area contributed by atoms with Gasteiger partial charge in [0.05, 0.1) is 26.8 Å². The fraction of sp³-hybridized carbons (Fsp3) is 0.400. The maximum absolute atomic E-state index is 10.2. The fourth-order valence-corrected chi connectivity index (χ4v) is 4.39. The number of methoxy groups -OCH3 is 3. The van der Waals surface area contributed by atoms with Gasteiger partial charge in [0, 0.05) is 56.3 Å². The zero-order valence-corrected chi connectivity index (χ0v) is 19.2. The average Bonchev–Trinajstić information content (AvgIpc) is 3.14. The number of nitrogens with zero attached hydrogens (tertiary/aromatic N) is 4. The molecule has 32 heavy (non-hydrogen) atoms. The van der Waals surface area contributed by atoms with Gasteiger partial charge in [0.2, 0.25) is 0 Å². The van der Waals surface area contributed by atoms with E-state index in [4.69, 9.17) is 14.2 Å². The van der Waals surface area contributed by atoms with Crippen molar-refractivity contribution < 1.29 is 14.2 Å². The molecule has 168 valence electrons. The van der Waals surface area contributed by atoms with Crippen LogP contribution in [0.15, 0.2) is 36.4 Å². The molecule has 3 aromatic rings. The van der Waals surface area contributed by atoms with Crippen molar-refractivity contribution in [2.75, 3.05) is 61.1 Å². The smallest absolute Gasteiger partial charge is 0.162 e. The van der Waals surface area contributed by atoms with Crippen LogP contribution >= 0.6 is 0 Å². The maximum atomic E-state index is 10.2. The van der Waals surface area contributed by atoms with Crippen molar-refractivity contribution in [2.45, 2.75) is 6.54 Å². The second-order valence-electron chi connectivity index (χ2n) is 8.08. The quantitative estimate of drug-likeness (QED) is 0.568. The summed E-state index contributed by atoms with van der Waals surface area (Å²) in [4.78, 5) is 4.81. The summed E-state index contributed by atoms with van der Waals surface area (Å²) in [5.74, 6) is 2.09. The Balaban J connectivity index is 1.82. The predicted molar refractivity (Wildman–Crippen MR) is 126 cm³/mol. The van der Waals surface area contributed by atoms with Gasteiger partial charge in [-0.1, -0.05) is 12.1 Å². The van der Waals surface area contributed by atoms with Crippen LogP contribution in [-0.4, -0.2) is 75.5 Å². The molecule has 2 heterocycles. The molecule has 0 amide bonds. The maximum Gasteiger partial charge on any atom is 0.162 e. The number of aromatic nitrogens is 1. The van der Waals surface area contributed by atoms with E-state index in [0.717, 1.165) is 67.0 Å². The minimum Gasteiger partial charge on any atom is -0.497 e. The lowest BCUT2D eigenvalue weighted by molar-refractivity contribution is 0.150. The van der Waals surface area contributed by atoms with Crippen LogP contribution in [0.4, 0.5) is 0 Å². The molecule has 7 nitrogen and oxygen atoms in total. The Bertz CT molecular complexity index is 1120. The number of piperazine rings is 1. The summed E-state index contributed by atoms with van der Waals surface area (Å²) in [5.41, 5.74) is 3.50. The number of rotatable bonds is 7. The molecular formula is C25H30N4O3. The number of hydrogen-bond donors (Lipinski definition) is 0. The number of fused-ring (bicyclic) bond motifs is 1. The summed E-state index contributed by atoms with van der Waals surface area (Å²) >= 11 is 0. The molecule has 0 N–H and O–H groups in total. The van der Waals surface area contributed by atoms with Crippen LogP contribution < -0.4 is 14.2 Å². The van der Waals surface area contributed by atoms with Crippen molar-refractivity contribution in [1.82, 2.24) is 14.4 Å². The first kappa shape index (κ1) is 22.0. The molecule has 0 bridgehead atoms. The van der Waals surface area contributed by atoms with E-state index < -0.39 is 0 Å². The van der Waals surface area contributed by atoms with Gasteiger partial charge < -0.3 is 23.7 Å². The summed E-state index contributed by atoms with van der Waals surface area (Å²) in [6.45, 7) is 5.84. The largest absolute Gasteiger partial charge is 0.497 e. The molecular weight excluding hydrogens is 404 g/mol. The minimum absolute atomic E-state index is 0.648. The van der Waals surface area contributed by atoms with Crippen LogP contribution in [0, 0.1) is 11.3 Å². The Morgan fingerprint density at radius 2 is 1.53 bits per heavy atom. The highest BCUT2D eigenvalue weighted by atomic mass is 16.5. The van der Waals surface area contributed by atoms with Crippen LogP contribution in [-0.2, 0) is 6.54 Å². The van der Waals surface area contributed by atoms with Crippen molar-refractivity contribution >= 4 is 10.9 Å². The van der Waals surface area contributed by atoms with Crippen LogP contribution in [0.5, 0.6) is 17.2 Å². The third-order valence-electron chi connectivity index (χ3n) is 6.29. The van der Waals surface area contributed by atoms with Crippen LogP contribution in [0.2, 0.25) is 0 Å². The van der Waals surface area contributed by atoms with E-state index in [1.807, 2.05) is 36.4 Å². The van der Waals surface area contributed by atoms with Gasteiger partial charge in [-0.2, -0.15) is 5.26 Å². The van der Waals surface area contributed by atoms with E-state index >= 15 is 0 Å². The second-order valence-corrected chi connectivity index (χ2v) is 8.08. The number of likely N-dealkylation sites (N-methyl/N-ethyl adjacent to an activating group) is 1. The van der Waals surface area contributed by atoms with Gasteiger partial charge in [-0.15, -0.1) is 0 Å². The molecule has 7 heteroatoms. The summed E-state index contributed by atoms with van der Waals surface area (Å²) in [6, 6.07) is 14.3. The average molecular weight is 435 g/mol. The molecule has 1 aliphatic rings. The van der Waals surface area contributed by atoms with Crippen molar-refractivity contribution in [2.24, 2.45) is 0 Å². The van der Waals surface area contributed by atoms with Crippen LogP contribution in [0.25, 0.3) is 22.0 Å². The number of nitriles is 1. The van der Waals surface area contributed by atoms with Crippen LogP contribution in [0.3, 0.4) is 0 Å². The Morgan fingerprint density at radius 3 is 2.12 bits per heavy atom. The van der Waals surface area contributed by atoms with E-state index in [-0.39, 0.29) is 0 Å². The first-order valence-corrected chi connectivity index (χ1v) is 10.8. The molecule has 0 spiro atoms. The third kappa shape index (κ3) is 4.12. The van der Waals surface area contributed by atoms with Gasteiger partial charge in [-0.25, -0.2) is 0 Å². The van der Waals surface area contributed by atoms with Crippen molar-refractivity contribution in [3.8, 4) is 34.4 Å². The van der Waals surface area contributed by atoms with Gasteiger partial charge >= 0.3 is 0 Å². The predicted octanol–water partition coefficient (Wildman–Crippen LogP) is 3.45. The normalized spacial score (nSPS) is 15.0. The monoisotopic (exact) mass is 434 g/mol. The van der Waals surface area contributed by atoms with Crippen molar-refractivity contribution in [3.63, 3.8) is 0 Å². The fourth-order valence-electron chi connectivity index (χ4n) is 4.39. The lowest BCUT2D eigenvalue weighted by atomic mass is 10.0. The van der Waals surface area contributed by atoms with Crippen molar-refractivity contribution in [3.05, 3.63) is 42.1 Å². The Labute approximate surface area is 189 Å². The zero-order valence-electron chi connectivity index (χ0n) is 19.2. The molecule has 1 saturated heterocycles. The summed E-state index contributed by atoms with van der Waals surface area (Å²) in [7, 11) is 7.07. The highest BCUT2D eigenvalue weighted by Gasteiger charge is 2.22. The van der Waals surface area contributed by atoms with Crippen molar-refractivity contribution in [1.29, 1.82) is 5.26 Å². The van der Waals surface area contributed by atoms with Gasteiger partial charge in [-0.05, 0) is 30.8 Å². The molecule has 2 aromatic carbocycles. The molecule has 0 unspecified atom stereocenters. The standard InChI is InChI=1S/C25H30N4O3/c1-27-9-11-28(12-10-27)13-14-29-21-16-24(32-4)23(31-3)15-20(21)25(22(29)17-26)18-5-7-19(30-2)8-6-18/h5-8,15-16H,9-14H2,1-4H3. The van der Waals surface area contributed by atoms with Gasteiger partial charge in [0.1, 0.15) is 17.5 Å². The van der Waals surface area contributed by atoms with Crippen LogP contribution in [0.1, 0.15) is 5.69 Å². The second kappa shape index (κ2) is 9.51. The molecule has 1 aliphatic heterocycles. The lowest BCUT2D eigenvalue weighted by Crippen LogP contribution is -2.45. The minimum atomic E-state index is 0.648. The molecule has 0 aliphatic carbocycles. The Morgan fingerprint density at radius 1 is 0.875 bits per heavy atom. The molecule has 1 aromatic heterocycles. The van der Waals surface area contributed by atoms with Gasteiger partial charge in [0.25, 0.3) is 0 Å². The van der Waals surface area contributed by atoms with E-state index in [2.05, 4.69) is 27.5 Å². The highest BCUT2D eigenvalue weighted by Crippen LogP contribution is 2.41. The first-order valence-electron chi connectivity index (χ1n) is 10.8. The number of ether oxygens (including phenoxy) is 3. The number of hydrogen-bond acceptors (Lipinski definition) is 6. The van der Waals surface area contributed by atoms with E-state index in [1.165, 1.54) is 0 Å². The Hall–Kier alpha value is -3.21. The summed E-state index contributed by atoms with van der Waals surface area (Å²) in [6.07, 6.45) is 0. The topological polar surface area (TPSA) is 62.9 Å². The molecule has 4 rings (SSSR count). The summed E-state index contributed by atoms with van der Waals surface area (Å²) < 4.78 is 18.6.